The highest BCUT2D eigenvalue weighted by molar-refractivity contribution is 7.07. The molecule has 244 valence electrons. The van der Waals surface area contributed by atoms with Crippen LogP contribution < -0.4 is 24.4 Å². The third-order valence-electron chi connectivity index (χ3n) is 7.84. The summed E-state index contributed by atoms with van der Waals surface area (Å²) in [5.74, 6) is 0.123. The standard InChI is InChI=1S/C37H34N4O6S/c1-6-18-46-30-17-14-26(19-22(30)2)33-27(21-40(39-33)28-10-8-7-9-11-28)20-31-35(43)41-34(25-12-15-29(16-13-25)47-24(4)42)32(36(44)45-5)23(3)38-37(41)48-31/h7-17,19-21,34H,6,18H2,1-5H3. The van der Waals surface area contributed by atoms with Gasteiger partial charge in [-0.3, -0.25) is 14.2 Å². The SMILES string of the molecule is CCCOc1ccc(-c2nn(-c3ccccc3)cc2C=c2sc3n(c2=O)C(c2ccc(OC(C)=O)cc2)C(C(=O)OC)=C(C)N=3)cc1C. The fraction of sp³-hybridized carbons (Fsp3) is 0.216. The number of fused-ring (bicyclic) bond motifs is 1. The predicted molar refractivity (Wildman–Crippen MR) is 183 cm³/mol. The van der Waals surface area contributed by atoms with Crippen LogP contribution in [0.15, 0.2) is 100 Å². The van der Waals surface area contributed by atoms with Crippen molar-refractivity contribution >= 4 is 29.4 Å². The van der Waals surface area contributed by atoms with E-state index < -0.39 is 18.0 Å². The number of carbonyl (C=O) groups is 2. The molecule has 3 heterocycles. The summed E-state index contributed by atoms with van der Waals surface area (Å²) in [6.07, 6.45) is 4.63. The van der Waals surface area contributed by atoms with Gasteiger partial charge in [-0.25, -0.2) is 14.5 Å². The molecule has 0 spiro atoms. The molecule has 11 heteroatoms. The lowest BCUT2D eigenvalue weighted by atomic mass is 9.96. The molecule has 1 unspecified atom stereocenters. The summed E-state index contributed by atoms with van der Waals surface area (Å²) >= 11 is 1.23. The summed E-state index contributed by atoms with van der Waals surface area (Å²) in [6.45, 7) is 7.74. The number of para-hydroxylation sites is 1. The fourth-order valence-electron chi connectivity index (χ4n) is 5.63. The van der Waals surface area contributed by atoms with Gasteiger partial charge in [0.2, 0.25) is 0 Å². The van der Waals surface area contributed by atoms with Crippen molar-refractivity contribution in [3.8, 4) is 28.4 Å². The lowest BCUT2D eigenvalue weighted by Crippen LogP contribution is -2.39. The van der Waals surface area contributed by atoms with E-state index in [2.05, 4.69) is 11.9 Å². The van der Waals surface area contributed by atoms with E-state index in [1.54, 1.807) is 35.9 Å². The van der Waals surface area contributed by atoms with Crippen molar-refractivity contribution in [1.29, 1.82) is 0 Å². The Morgan fingerprint density at radius 2 is 1.77 bits per heavy atom. The number of carbonyl (C=O) groups excluding carboxylic acids is 2. The smallest absolute Gasteiger partial charge is 0.338 e. The van der Waals surface area contributed by atoms with Gasteiger partial charge in [-0.15, -0.1) is 0 Å². The molecule has 0 saturated carbocycles. The number of hydrogen-bond acceptors (Lipinski definition) is 9. The summed E-state index contributed by atoms with van der Waals surface area (Å²) in [5, 5.41) is 4.95. The number of rotatable bonds is 9. The van der Waals surface area contributed by atoms with Gasteiger partial charge < -0.3 is 14.2 Å². The number of allylic oxidation sites excluding steroid dienone is 1. The largest absolute Gasteiger partial charge is 0.493 e. The van der Waals surface area contributed by atoms with Gasteiger partial charge in [0.25, 0.3) is 5.56 Å². The molecule has 3 aromatic carbocycles. The first-order valence-electron chi connectivity index (χ1n) is 15.5. The van der Waals surface area contributed by atoms with Gasteiger partial charge in [0.05, 0.1) is 41.2 Å². The molecule has 0 N–H and O–H groups in total. The second-order valence-electron chi connectivity index (χ2n) is 11.3. The van der Waals surface area contributed by atoms with Crippen LogP contribution in [0, 0.1) is 6.92 Å². The zero-order chi connectivity index (χ0) is 33.9. The van der Waals surface area contributed by atoms with Crippen LogP contribution in [0.3, 0.4) is 0 Å². The Morgan fingerprint density at radius 3 is 2.44 bits per heavy atom. The zero-order valence-corrected chi connectivity index (χ0v) is 28.0. The average Bonchev–Trinajstić information content (AvgIpc) is 3.64. The van der Waals surface area contributed by atoms with Crippen molar-refractivity contribution < 1.29 is 23.8 Å². The van der Waals surface area contributed by atoms with Crippen molar-refractivity contribution in [2.24, 2.45) is 4.99 Å². The number of esters is 2. The molecule has 10 nitrogen and oxygen atoms in total. The first-order valence-corrected chi connectivity index (χ1v) is 16.3. The monoisotopic (exact) mass is 662 g/mol. The van der Waals surface area contributed by atoms with Gasteiger partial charge in [-0.1, -0.05) is 48.6 Å². The van der Waals surface area contributed by atoms with Crippen molar-refractivity contribution in [2.45, 2.75) is 40.2 Å². The Labute approximate surface area is 280 Å². The maximum Gasteiger partial charge on any atom is 0.338 e. The molecular weight excluding hydrogens is 628 g/mol. The summed E-state index contributed by atoms with van der Waals surface area (Å²) in [7, 11) is 1.30. The van der Waals surface area contributed by atoms with Crippen LogP contribution in [-0.2, 0) is 14.3 Å². The summed E-state index contributed by atoms with van der Waals surface area (Å²) in [4.78, 5) is 44.0. The van der Waals surface area contributed by atoms with Gasteiger partial charge in [0, 0.05) is 24.2 Å². The van der Waals surface area contributed by atoms with Crippen LogP contribution in [0.4, 0.5) is 0 Å². The molecule has 0 bridgehead atoms. The van der Waals surface area contributed by atoms with Gasteiger partial charge in [-0.2, -0.15) is 5.10 Å². The number of aromatic nitrogens is 3. The quantitative estimate of drug-likeness (QED) is 0.156. The van der Waals surface area contributed by atoms with Gasteiger partial charge in [0.15, 0.2) is 4.80 Å². The Kier molecular flexibility index (Phi) is 9.22. The lowest BCUT2D eigenvalue weighted by molar-refractivity contribution is -0.136. The maximum absolute atomic E-state index is 14.3. The van der Waals surface area contributed by atoms with Crippen LogP contribution in [0.25, 0.3) is 23.0 Å². The number of nitrogens with zero attached hydrogens (tertiary/aromatic N) is 4. The van der Waals surface area contributed by atoms with Crippen LogP contribution in [0.1, 0.15) is 49.9 Å². The van der Waals surface area contributed by atoms with E-state index in [1.807, 2.05) is 67.7 Å². The van der Waals surface area contributed by atoms with Crippen LogP contribution >= 0.6 is 11.3 Å². The van der Waals surface area contributed by atoms with Crippen LogP contribution in [0.2, 0.25) is 0 Å². The van der Waals surface area contributed by atoms with Crippen molar-refractivity contribution in [2.75, 3.05) is 13.7 Å². The first-order chi connectivity index (χ1) is 23.2. The predicted octanol–water partition coefficient (Wildman–Crippen LogP) is 5.28. The Morgan fingerprint density at radius 1 is 1.02 bits per heavy atom. The zero-order valence-electron chi connectivity index (χ0n) is 27.2. The molecule has 1 aliphatic rings. The molecule has 5 aromatic rings. The number of hydrogen-bond donors (Lipinski definition) is 0. The van der Waals surface area contributed by atoms with Crippen molar-refractivity contribution in [3.05, 3.63) is 127 Å². The molecule has 1 aliphatic heterocycles. The van der Waals surface area contributed by atoms with Gasteiger partial charge >= 0.3 is 11.9 Å². The van der Waals surface area contributed by atoms with Crippen LogP contribution in [-0.4, -0.2) is 40.0 Å². The minimum atomic E-state index is -0.813. The first kappa shape index (κ1) is 32.4. The van der Waals surface area contributed by atoms with E-state index in [1.165, 1.54) is 29.9 Å². The number of ether oxygens (including phenoxy) is 3. The van der Waals surface area contributed by atoms with Gasteiger partial charge in [0.1, 0.15) is 17.2 Å². The van der Waals surface area contributed by atoms with E-state index in [9.17, 15) is 14.4 Å². The maximum atomic E-state index is 14.3. The van der Waals surface area contributed by atoms with Crippen LogP contribution in [0.5, 0.6) is 11.5 Å². The molecule has 6 rings (SSSR count). The fourth-order valence-corrected chi connectivity index (χ4v) is 6.67. The number of methoxy groups -OCH3 is 1. The lowest BCUT2D eigenvalue weighted by Gasteiger charge is -2.24. The minimum absolute atomic E-state index is 0.245. The molecule has 0 radical (unpaired) electrons. The highest BCUT2D eigenvalue weighted by Gasteiger charge is 2.33. The number of aryl methyl sites for hydroxylation is 1. The number of thiazole rings is 1. The topological polar surface area (TPSA) is 114 Å². The molecule has 1 atom stereocenters. The van der Waals surface area contributed by atoms with Crippen molar-refractivity contribution in [1.82, 2.24) is 14.3 Å². The Bertz CT molecular complexity index is 2230. The number of benzene rings is 3. The van der Waals surface area contributed by atoms with Crippen molar-refractivity contribution in [3.63, 3.8) is 0 Å². The molecule has 0 amide bonds. The summed E-state index contributed by atoms with van der Waals surface area (Å²) in [6, 6.07) is 21.6. The normalized spacial score (nSPS) is 14.4. The third-order valence-corrected chi connectivity index (χ3v) is 8.83. The highest BCUT2D eigenvalue weighted by atomic mass is 32.1. The van der Waals surface area contributed by atoms with E-state index >= 15 is 0 Å². The third kappa shape index (κ3) is 6.37. The van der Waals surface area contributed by atoms with E-state index in [-0.39, 0.29) is 11.1 Å². The molecule has 0 fully saturated rings. The molecular formula is C37H34N4O6S. The Balaban J connectivity index is 1.52. The van der Waals surface area contributed by atoms with Gasteiger partial charge in [-0.05, 0) is 79.9 Å². The highest BCUT2D eigenvalue weighted by Crippen LogP contribution is 2.32. The average molecular weight is 663 g/mol. The Hall–Kier alpha value is -5.55. The molecule has 0 saturated heterocycles. The molecule has 2 aromatic heterocycles. The second-order valence-corrected chi connectivity index (χ2v) is 12.3. The second kappa shape index (κ2) is 13.7. The minimum Gasteiger partial charge on any atom is -0.493 e. The molecule has 0 aliphatic carbocycles. The summed E-state index contributed by atoms with van der Waals surface area (Å²) in [5.41, 5.74) is 5.15. The van der Waals surface area contributed by atoms with E-state index in [0.29, 0.717) is 38.6 Å². The van der Waals surface area contributed by atoms with E-state index in [0.717, 1.165) is 34.5 Å². The van der Waals surface area contributed by atoms with E-state index in [4.69, 9.17) is 19.3 Å². The molecule has 48 heavy (non-hydrogen) atoms. The summed E-state index contributed by atoms with van der Waals surface area (Å²) < 4.78 is 20.0.